The first-order chi connectivity index (χ1) is 9.15. The number of fused-ring (bicyclic) bond motifs is 1. The van der Waals surface area contributed by atoms with Crippen LogP contribution >= 0.6 is 27.3 Å². The third-order valence-corrected chi connectivity index (χ3v) is 4.43. The summed E-state index contributed by atoms with van der Waals surface area (Å²) in [5.74, 6) is 0. The van der Waals surface area contributed by atoms with Crippen molar-refractivity contribution in [3.05, 3.63) is 57.1 Å². The number of hydrogen-bond donors (Lipinski definition) is 0. The highest BCUT2D eigenvalue weighted by molar-refractivity contribution is 9.10. The van der Waals surface area contributed by atoms with Gasteiger partial charge in [-0.3, -0.25) is 10.1 Å². The highest BCUT2D eigenvalue weighted by Crippen LogP contribution is 2.35. The van der Waals surface area contributed by atoms with Gasteiger partial charge in [-0.1, -0.05) is 34.1 Å². The van der Waals surface area contributed by atoms with E-state index in [-0.39, 0.29) is 5.69 Å². The Morgan fingerprint density at radius 3 is 2.74 bits per heavy atom. The zero-order chi connectivity index (χ0) is 13.4. The minimum atomic E-state index is -0.392. The molecular weight excluding hydrogens is 328 g/mol. The van der Waals surface area contributed by atoms with Crippen LogP contribution in [0.15, 0.2) is 46.9 Å². The number of halogens is 1. The van der Waals surface area contributed by atoms with Crippen LogP contribution in [-0.2, 0) is 0 Å². The van der Waals surface area contributed by atoms with Crippen LogP contribution in [0, 0.1) is 10.1 Å². The van der Waals surface area contributed by atoms with Gasteiger partial charge in [0.25, 0.3) is 5.69 Å². The van der Waals surface area contributed by atoms with Crippen molar-refractivity contribution >= 4 is 43.2 Å². The van der Waals surface area contributed by atoms with Crippen LogP contribution in [0.2, 0.25) is 0 Å². The van der Waals surface area contributed by atoms with Crippen LogP contribution in [0.4, 0.5) is 5.69 Å². The molecule has 1 aromatic heterocycles. The number of nitro benzene ring substituents is 1. The molecule has 3 aromatic rings. The topological polar surface area (TPSA) is 56.0 Å². The zero-order valence-electron chi connectivity index (χ0n) is 9.54. The maximum atomic E-state index is 10.8. The quantitative estimate of drug-likeness (QED) is 0.507. The molecule has 0 saturated carbocycles. The molecule has 3 rings (SSSR count). The number of non-ortho nitro benzene ring substituents is 1. The standard InChI is InChI=1S/C13H7BrN2O2S/c14-10-4-2-1-3-9(10)13-15-11-6-5-8(16(17)18)7-12(11)19-13/h1-7H. The lowest BCUT2D eigenvalue weighted by Crippen LogP contribution is -1.85. The zero-order valence-corrected chi connectivity index (χ0v) is 11.9. The molecule has 0 saturated heterocycles. The van der Waals surface area contributed by atoms with Crippen molar-refractivity contribution in [3.63, 3.8) is 0 Å². The van der Waals surface area contributed by atoms with Gasteiger partial charge in [0, 0.05) is 22.2 Å². The van der Waals surface area contributed by atoms with Gasteiger partial charge in [0.15, 0.2) is 0 Å². The van der Waals surface area contributed by atoms with E-state index in [0.717, 1.165) is 25.3 Å². The van der Waals surface area contributed by atoms with Crippen LogP contribution in [0.3, 0.4) is 0 Å². The van der Waals surface area contributed by atoms with Gasteiger partial charge < -0.3 is 0 Å². The van der Waals surface area contributed by atoms with Gasteiger partial charge in [0.05, 0.1) is 15.1 Å². The molecule has 0 N–H and O–H groups in total. The molecule has 1 heterocycles. The summed E-state index contributed by atoms with van der Waals surface area (Å²) < 4.78 is 1.78. The van der Waals surface area contributed by atoms with Crippen LogP contribution in [0.25, 0.3) is 20.8 Å². The molecule has 0 aliphatic heterocycles. The van der Waals surface area contributed by atoms with Gasteiger partial charge in [-0.2, -0.15) is 0 Å². The lowest BCUT2D eigenvalue weighted by molar-refractivity contribution is -0.384. The number of benzene rings is 2. The fraction of sp³-hybridized carbons (Fsp3) is 0. The molecule has 0 spiro atoms. The second-order valence-corrected chi connectivity index (χ2v) is 5.79. The van der Waals surface area contributed by atoms with E-state index < -0.39 is 4.92 Å². The van der Waals surface area contributed by atoms with Crippen molar-refractivity contribution in [2.45, 2.75) is 0 Å². The van der Waals surface area contributed by atoms with Crippen molar-refractivity contribution in [2.75, 3.05) is 0 Å². The largest absolute Gasteiger partial charge is 0.270 e. The molecule has 0 amide bonds. The molecule has 4 nitrogen and oxygen atoms in total. The summed E-state index contributed by atoms with van der Waals surface area (Å²) in [4.78, 5) is 14.9. The van der Waals surface area contributed by atoms with Crippen LogP contribution in [0.1, 0.15) is 0 Å². The van der Waals surface area contributed by atoms with Crippen molar-refractivity contribution < 1.29 is 4.92 Å². The molecule has 0 aliphatic rings. The number of nitro groups is 1. The Hall–Kier alpha value is -1.79. The second-order valence-electron chi connectivity index (χ2n) is 3.91. The monoisotopic (exact) mass is 334 g/mol. The molecule has 6 heteroatoms. The van der Waals surface area contributed by atoms with Gasteiger partial charge in [0.1, 0.15) is 5.01 Å². The average Bonchev–Trinajstić information content (AvgIpc) is 2.81. The maximum absolute atomic E-state index is 10.8. The smallest absolute Gasteiger partial charge is 0.258 e. The number of thiazole rings is 1. The molecule has 0 unspecified atom stereocenters. The molecule has 2 aromatic carbocycles. The summed E-state index contributed by atoms with van der Waals surface area (Å²) in [6.07, 6.45) is 0. The van der Waals surface area contributed by atoms with Gasteiger partial charge in [-0.15, -0.1) is 11.3 Å². The van der Waals surface area contributed by atoms with Crippen LogP contribution < -0.4 is 0 Å². The Balaban J connectivity index is 2.17. The second kappa shape index (κ2) is 4.71. The Labute approximate surface area is 121 Å². The lowest BCUT2D eigenvalue weighted by atomic mass is 10.2. The van der Waals surface area contributed by atoms with Gasteiger partial charge in [-0.25, -0.2) is 4.98 Å². The SMILES string of the molecule is O=[N+]([O-])c1ccc2nc(-c3ccccc3Br)sc2c1. The van der Waals surface area contributed by atoms with E-state index in [9.17, 15) is 10.1 Å². The van der Waals surface area contributed by atoms with Crippen molar-refractivity contribution in [1.29, 1.82) is 0 Å². The van der Waals surface area contributed by atoms with Gasteiger partial charge in [-0.05, 0) is 12.1 Å². The summed E-state index contributed by atoms with van der Waals surface area (Å²) in [6, 6.07) is 12.5. The molecule has 0 fully saturated rings. The van der Waals surface area contributed by atoms with Crippen molar-refractivity contribution in [3.8, 4) is 10.6 Å². The Morgan fingerprint density at radius 1 is 1.21 bits per heavy atom. The molecule has 0 bridgehead atoms. The minimum Gasteiger partial charge on any atom is -0.258 e. The molecular formula is C13H7BrN2O2S. The number of hydrogen-bond acceptors (Lipinski definition) is 4. The summed E-state index contributed by atoms with van der Waals surface area (Å²) in [5, 5.41) is 11.6. The Bertz CT molecular complexity index is 785. The molecule has 19 heavy (non-hydrogen) atoms. The van der Waals surface area contributed by atoms with E-state index >= 15 is 0 Å². The third kappa shape index (κ3) is 2.24. The number of aromatic nitrogens is 1. The fourth-order valence-electron chi connectivity index (χ4n) is 1.78. The maximum Gasteiger partial charge on any atom is 0.270 e. The minimum absolute atomic E-state index is 0.0924. The van der Waals surface area contributed by atoms with Gasteiger partial charge in [0.2, 0.25) is 0 Å². The first-order valence-electron chi connectivity index (χ1n) is 5.45. The highest BCUT2D eigenvalue weighted by Gasteiger charge is 2.12. The highest BCUT2D eigenvalue weighted by atomic mass is 79.9. The molecule has 0 radical (unpaired) electrons. The molecule has 94 valence electrons. The first kappa shape index (κ1) is 12.3. The summed E-state index contributed by atoms with van der Waals surface area (Å²) >= 11 is 4.94. The van der Waals surface area contributed by atoms with E-state index in [1.54, 1.807) is 12.1 Å². The predicted molar refractivity (Wildman–Crippen MR) is 79.4 cm³/mol. The summed E-state index contributed by atoms with van der Waals surface area (Å²) in [5.41, 5.74) is 1.86. The van der Waals surface area contributed by atoms with Crippen molar-refractivity contribution in [1.82, 2.24) is 4.98 Å². The van der Waals surface area contributed by atoms with Crippen LogP contribution in [0.5, 0.6) is 0 Å². The normalized spacial score (nSPS) is 10.8. The number of rotatable bonds is 2. The fourth-order valence-corrected chi connectivity index (χ4v) is 3.42. The predicted octanol–water partition coefficient (Wildman–Crippen LogP) is 4.63. The lowest BCUT2D eigenvalue weighted by Gasteiger charge is -1.97. The van der Waals surface area contributed by atoms with E-state index in [1.165, 1.54) is 17.4 Å². The summed E-state index contributed by atoms with van der Waals surface area (Å²) in [7, 11) is 0. The Morgan fingerprint density at radius 2 is 2.00 bits per heavy atom. The first-order valence-corrected chi connectivity index (χ1v) is 7.06. The van der Waals surface area contributed by atoms with E-state index in [4.69, 9.17) is 0 Å². The molecule has 0 atom stereocenters. The van der Waals surface area contributed by atoms with Crippen molar-refractivity contribution in [2.24, 2.45) is 0 Å². The van der Waals surface area contributed by atoms with Gasteiger partial charge >= 0.3 is 0 Å². The Kier molecular flexibility index (Phi) is 3.04. The van der Waals surface area contributed by atoms with Crippen LogP contribution in [-0.4, -0.2) is 9.91 Å². The summed E-state index contributed by atoms with van der Waals surface area (Å²) in [6.45, 7) is 0. The third-order valence-electron chi connectivity index (χ3n) is 2.69. The number of nitrogens with zero attached hydrogens (tertiary/aromatic N) is 2. The van der Waals surface area contributed by atoms with E-state index in [2.05, 4.69) is 20.9 Å². The van der Waals surface area contributed by atoms with E-state index in [1.807, 2.05) is 24.3 Å². The molecule has 0 aliphatic carbocycles. The van der Waals surface area contributed by atoms with E-state index in [0.29, 0.717) is 0 Å². The average molecular weight is 335 g/mol.